The standard InChI is InChI=1S/C11H20O2/c1-3-4-7-11(2)8-5-6-9(12)10(11)13/h9,12H,3-8H2,1-2H3/t9-,11-/m1/s1. The molecule has 76 valence electrons. The van der Waals surface area contributed by atoms with Crippen molar-refractivity contribution >= 4 is 5.78 Å². The van der Waals surface area contributed by atoms with E-state index in [-0.39, 0.29) is 11.2 Å². The Balaban J connectivity index is 2.58. The van der Waals surface area contributed by atoms with Gasteiger partial charge in [-0.15, -0.1) is 0 Å². The van der Waals surface area contributed by atoms with Gasteiger partial charge in [0.1, 0.15) is 6.10 Å². The van der Waals surface area contributed by atoms with E-state index in [0.717, 1.165) is 32.1 Å². The van der Waals surface area contributed by atoms with Crippen LogP contribution in [0.4, 0.5) is 0 Å². The van der Waals surface area contributed by atoms with Crippen LogP contribution in [0.3, 0.4) is 0 Å². The molecule has 0 saturated heterocycles. The van der Waals surface area contributed by atoms with E-state index >= 15 is 0 Å². The minimum atomic E-state index is -0.685. The maximum atomic E-state index is 11.7. The number of rotatable bonds is 3. The van der Waals surface area contributed by atoms with Crippen molar-refractivity contribution in [3.8, 4) is 0 Å². The van der Waals surface area contributed by atoms with Crippen molar-refractivity contribution in [2.24, 2.45) is 5.41 Å². The van der Waals surface area contributed by atoms with Crippen molar-refractivity contribution in [3.05, 3.63) is 0 Å². The normalized spacial score (nSPS) is 35.0. The fourth-order valence-electron chi connectivity index (χ4n) is 2.16. The Morgan fingerprint density at radius 1 is 1.62 bits per heavy atom. The molecule has 2 nitrogen and oxygen atoms in total. The monoisotopic (exact) mass is 184 g/mol. The molecule has 1 rings (SSSR count). The molecule has 1 aliphatic carbocycles. The van der Waals surface area contributed by atoms with E-state index in [0.29, 0.717) is 6.42 Å². The van der Waals surface area contributed by atoms with Crippen LogP contribution in [-0.4, -0.2) is 17.0 Å². The van der Waals surface area contributed by atoms with Crippen LogP contribution in [0.1, 0.15) is 52.4 Å². The third-order valence-corrected chi connectivity index (χ3v) is 3.19. The summed E-state index contributed by atoms with van der Waals surface area (Å²) in [6, 6.07) is 0. The molecule has 0 bridgehead atoms. The zero-order valence-corrected chi connectivity index (χ0v) is 8.68. The summed E-state index contributed by atoms with van der Waals surface area (Å²) in [5, 5.41) is 9.46. The van der Waals surface area contributed by atoms with Gasteiger partial charge in [-0.05, 0) is 25.7 Å². The fourth-order valence-corrected chi connectivity index (χ4v) is 2.16. The number of ketones is 1. The summed E-state index contributed by atoms with van der Waals surface area (Å²) < 4.78 is 0. The third kappa shape index (κ3) is 2.31. The van der Waals surface area contributed by atoms with Crippen molar-refractivity contribution < 1.29 is 9.90 Å². The molecule has 2 heteroatoms. The summed E-state index contributed by atoms with van der Waals surface area (Å²) in [4.78, 5) is 11.7. The van der Waals surface area contributed by atoms with Crippen molar-refractivity contribution in [1.82, 2.24) is 0 Å². The highest BCUT2D eigenvalue weighted by molar-refractivity contribution is 5.88. The lowest BCUT2D eigenvalue weighted by atomic mass is 9.70. The van der Waals surface area contributed by atoms with Crippen LogP contribution in [0.25, 0.3) is 0 Å². The Morgan fingerprint density at radius 3 is 2.92 bits per heavy atom. The van der Waals surface area contributed by atoms with Gasteiger partial charge in [0.15, 0.2) is 5.78 Å². The smallest absolute Gasteiger partial charge is 0.167 e. The molecule has 1 aliphatic rings. The first-order chi connectivity index (χ1) is 6.10. The van der Waals surface area contributed by atoms with Gasteiger partial charge < -0.3 is 5.11 Å². The number of aliphatic hydroxyl groups excluding tert-OH is 1. The molecule has 1 fully saturated rings. The Morgan fingerprint density at radius 2 is 2.31 bits per heavy atom. The highest BCUT2D eigenvalue weighted by Gasteiger charge is 2.39. The van der Waals surface area contributed by atoms with Crippen molar-refractivity contribution in [3.63, 3.8) is 0 Å². The van der Waals surface area contributed by atoms with Gasteiger partial charge >= 0.3 is 0 Å². The Labute approximate surface area is 80.3 Å². The quantitative estimate of drug-likeness (QED) is 0.730. The molecule has 0 heterocycles. The number of hydrogen-bond acceptors (Lipinski definition) is 2. The largest absolute Gasteiger partial charge is 0.385 e. The lowest BCUT2D eigenvalue weighted by Gasteiger charge is -2.34. The van der Waals surface area contributed by atoms with Gasteiger partial charge in [0.2, 0.25) is 0 Å². The summed E-state index contributed by atoms with van der Waals surface area (Å²) >= 11 is 0. The minimum Gasteiger partial charge on any atom is -0.385 e. The second kappa shape index (κ2) is 4.23. The van der Waals surface area contributed by atoms with Crippen LogP contribution >= 0.6 is 0 Å². The summed E-state index contributed by atoms with van der Waals surface area (Å²) in [5.74, 6) is 0.0761. The average Bonchev–Trinajstić information content (AvgIpc) is 2.11. The Bertz CT molecular complexity index is 189. The van der Waals surface area contributed by atoms with Gasteiger partial charge in [-0.25, -0.2) is 0 Å². The molecule has 1 N–H and O–H groups in total. The zero-order chi connectivity index (χ0) is 9.90. The molecule has 13 heavy (non-hydrogen) atoms. The summed E-state index contributed by atoms with van der Waals surface area (Å²) in [7, 11) is 0. The molecule has 0 aromatic carbocycles. The predicted octanol–water partition coefficient (Wildman–Crippen LogP) is 2.30. The molecule has 0 radical (unpaired) electrons. The lowest BCUT2D eigenvalue weighted by Crippen LogP contribution is -2.40. The van der Waals surface area contributed by atoms with Gasteiger partial charge in [0, 0.05) is 5.41 Å². The number of aliphatic hydroxyl groups is 1. The number of unbranched alkanes of at least 4 members (excludes halogenated alkanes) is 1. The van der Waals surface area contributed by atoms with Gasteiger partial charge in [-0.3, -0.25) is 4.79 Å². The van der Waals surface area contributed by atoms with E-state index in [1.54, 1.807) is 0 Å². The number of carbonyl (C=O) groups excluding carboxylic acids is 1. The average molecular weight is 184 g/mol. The van der Waals surface area contributed by atoms with Crippen LogP contribution < -0.4 is 0 Å². The number of carbonyl (C=O) groups is 1. The fraction of sp³-hybridized carbons (Fsp3) is 0.909. The molecule has 0 unspecified atom stereocenters. The van der Waals surface area contributed by atoms with Gasteiger partial charge in [-0.2, -0.15) is 0 Å². The molecule has 1 saturated carbocycles. The van der Waals surface area contributed by atoms with Gasteiger partial charge in [0.05, 0.1) is 0 Å². The first kappa shape index (κ1) is 10.7. The van der Waals surface area contributed by atoms with Crippen LogP contribution in [0, 0.1) is 5.41 Å². The Hall–Kier alpha value is -0.370. The van der Waals surface area contributed by atoms with Crippen LogP contribution in [0.15, 0.2) is 0 Å². The summed E-state index contributed by atoms with van der Waals surface area (Å²) in [5.41, 5.74) is -0.228. The van der Waals surface area contributed by atoms with Crippen LogP contribution in [0.5, 0.6) is 0 Å². The highest BCUT2D eigenvalue weighted by Crippen LogP contribution is 2.37. The van der Waals surface area contributed by atoms with E-state index in [1.807, 2.05) is 6.92 Å². The lowest BCUT2D eigenvalue weighted by molar-refractivity contribution is -0.141. The van der Waals surface area contributed by atoms with E-state index in [1.165, 1.54) is 0 Å². The molecule has 0 aromatic rings. The second-order valence-corrected chi connectivity index (χ2v) is 4.44. The van der Waals surface area contributed by atoms with E-state index in [9.17, 15) is 9.90 Å². The van der Waals surface area contributed by atoms with Crippen LogP contribution in [-0.2, 0) is 4.79 Å². The molecule has 0 aromatic heterocycles. The number of hydrogen-bond donors (Lipinski definition) is 1. The molecule has 2 atom stereocenters. The van der Waals surface area contributed by atoms with Crippen molar-refractivity contribution in [2.45, 2.75) is 58.5 Å². The molecule has 0 amide bonds. The van der Waals surface area contributed by atoms with E-state index < -0.39 is 6.10 Å². The first-order valence-corrected chi connectivity index (χ1v) is 5.32. The number of Topliss-reactive ketones (excluding diaryl/α,β-unsaturated/α-hetero) is 1. The zero-order valence-electron chi connectivity index (χ0n) is 8.68. The molecular formula is C11H20O2. The third-order valence-electron chi connectivity index (χ3n) is 3.19. The second-order valence-electron chi connectivity index (χ2n) is 4.44. The predicted molar refractivity (Wildman–Crippen MR) is 52.5 cm³/mol. The minimum absolute atomic E-state index is 0.0761. The van der Waals surface area contributed by atoms with Crippen molar-refractivity contribution in [1.29, 1.82) is 0 Å². The SMILES string of the molecule is CCCC[C@]1(C)CCC[C@@H](O)C1=O. The Kier molecular flexibility index (Phi) is 3.48. The first-order valence-electron chi connectivity index (χ1n) is 5.32. The highest BCUT2D eigenvalue weighted by atomic mass is 16.3. The van der Waals surface area contributed by atoms with Gasteiger partial charge in [0.25, 0.3) is 0 Å². The summed E-state index contributed by atoms with van der Waals surface area (Å²) in [6.07, 6.45) is 5.10. The maximum absolute atomic E-state index is 11.7. The molecule has 0 aliphatic heterocycles. The van der Waals surface area contributed by atoms with Crippen molar-refractivity contribution in [2.75, 3.05) is 0 Å². The maximum Gasteiger partial charge on any atom is 0.167 e. The molecular weight excluding hydrogens is 164 g/mol. The van der Waals surface area contributed by atoms with Crippen LogP contribution in [0.2, 0.25) is 0 Å². The van der Waals surface area contributed by atoms with E-state index in [2.05, 4.69) is 6.92 Å². The van der Waals surface area contributed by atoms with Gasteiger partial charge in [-0.1, -0.05) is 26.7 Å². The summed E-state index contributed by atoms with van der Waals surface area (Å²) in [6.45, 7) is 4.14. The topological polar surface area (TPSA) is 37.3 Å². The van der Waals surface area contributed by atoms with E-state index in [4.69, 9.17) is 0 Å². The molecule has 0 spiro atoms.